The first-order chi connectivity index (χ1) is 12.2. The Labute approximate surface area is 147 Å². The molecule has 0 aliphatic carbocycles. The van der Waals surface area contributed by atoms with E-state index in [9.17, 15) is 0 Å². The van der Waals surface area contributed by atoms with E-state index >= 15 is 0 Å². The second kappa shape index (κ2) is 6.75. The number of hydrogen-bond donors (Lipinski definition) is 0. The highest BCUT2D eigenvalue weighted by atomic mass is 16.5. The summed E-state index contributed by atoms with van der Waals surface area (Å²) in [4.78, 5) is 11.1. The van der Waals surface area contributed by atoms with Crippen molar-refractivity contribution in [2.45, 2.75) is 39.2 Å². The number of aromatic nitrogens is 2. The predicted octanol–water partition coefficient (Wildman–Crippen LogP) is 4.28. The van der Waals surface area contributed by atoms with Gasteiger partial charge in [-0.3, -0.25) is 4.98 Å². The molecule has 2 aromatic heterocycles. The molecule has 25 heavy (non-hydrogen) atoms. The Morgan fingerprint density at radius 3 is 2.96 bits per heavy atom. The molecule has 0 unspecified atom stereocenters. The summed E-state index contributed by atoms with van der Waals surface area (Å²) in [6.07, 6.45) is 6.94. The van der Waals surface area contributed by atoms with Gasteiger partial charge in [0.15, 0.2) is 5.58 Å². The zero-order chi connectivity index (χ0) is 17.2. The van der Waals surface area contributed by atoms with Crippen LogP contribution in [-0.2, 0) is 0 Å². The lowest BCUT2D eigenvalue weighted by Crippen LogP contribution is -2.43. The Kier molecular flexibility index (Phi) is 4.30. The third-order valence-corrected chi connectivity index (χ3v) is 4.94. The number of pyridine rings is 1. The third-order valence-electron chi connectivity index (χ3n) is 4.94. The minimum absolute atomic E-state index is 0.268. The summed E-state index contributed by atoms with van der Waals surface area (Å²) >= 11 is 0. The minimum atomic E-state index is 0.268. The van der Waals surface area contributed by atoms with Crippen molar-refractivity contribution in [3.05, 3.63) is 47.8 Å². The maximum atomic E-state index is 6.07. The van der Waals surface area contributed by atoms with Crippen LogP contribution < -0.4 is 9.64 Å². The SMILES string of the molecule is Cc1cc2nc(N3CCCC[C@@H]3COc3cccnc3)oc2cc1C. The zero-order valence-electron chi connectivity index (χ0n) is 14.7. The van der Waals surface area contributed by atoms with Crippen molar-refractivity contribution in [2.75, 3.05) is 18.1 Å². The fraction of sp³-hybridized carbons (Fsp3) is 0.400. The summed E-state index contributed by atoms with van der Waals surface area (Å²) in [6, 6.07) is 8.98. The number of nitrogens with zero attached hydrogens (tertiary/aromatic N) is 3. The molecule has 1 aliphatic heterocycles. The monoisotopic (exact) mass is 337 g/mol. The van der Waals surface area contributed by atoms with Crippen LogP contribution in [0, 0.1) is 13.8 Å². The second-order valence-electron chi connectivity index (χ2n) is 6.74. The normalized spacial score (nSPS) is 17.8. The molecule has 1 atom stereocenters. The van der Waals surface area contributed by atoms with Crippen LogP contribution in [0.1, 0.15) is 30.4 Å². The number of aryl methyl sites for hydroxylation is 2. The molecule has 0 spiro atoms. The van der Waals surface area contributed by atoms with Gasteiger partial charge in [0.2, 0.25) is 0 Å². The van der Waals surface area contributed by atoms with Crippen LogP contribution in [-0.4, -0.2) is 29.2 Å². The number of hydrogen-bond acceptors (Lipinski definition) is 5. The van der Waals surface area contributed by atoms with Gasteiger partial charge in [-0.15, -0.1) is 0 Å². The summed E-state index contributed by atoms with van der Waals surface area (Å²) in [7, 11) is 0. The molecule has 0 saturated carbocycles. The Hall–Kier alpha value is -2.56. The molecule has 5 nitrogen and oxygen atoms in total. The quantitative estimate of drug-likeness (QED) is 0.711. The van der Waals surface area contributed by atoms with E-state index in [1.165, 1.54) is 17.5 Å². The molecule has 0 radical (unpaired) electrons. The number of fused-ring (bicyclic) bond motifs is 1. The maximum absolute atomic E-state index is 6.07. The van der Waals surface area contributed by atoms with E-state index in [0.29, 0.717) is 12.6 Å². The number of ether oxygens (including phenoxy) is 1. The van der Waals surface area contributed by atoms with Crippen LogP contribution in [0.15, 0.2) is 41.1 Å². The Bertz CT molecular complexity index is 821. The number of benzene rings is 1. The lowest BCUT2D eigenvalue weighted by Gasteiger charge is -2.34. The van der Waals surface area contributed by atoms with Gasteiger partial charge >= 0.3 is 0 Å². The van der Waals surface area contributed by atoms with E-state index in [1.807, 2.05) is 12.1 Å². The highest BCUT2D eigenvalue weighted by Crippen LogP contribution is 2.29. The van der Waals surface area contributed by atoms with Crippen LogP contribution in [0.25, 0.3) is 11.1 Å². The lowest BCUT2D eigenvalue weighted by molar-refractivity contribution is 0.254. The van der Waals surface area contributed by atoms with Crippen molar-refractivity contribution in [3.63, 3.8) is 0 Å². The van der Waals surface area contributed by atoms with Gasteiger partial charge in [-0.1, -0.05) is 0 Å². The van der Waals surface area contributed by atoms with E-state index in [1.54, 1.807) is 12.4 Å². The number of rotatable bonds is 4. The molecule has 3 aromatic rings. The third kappa shape index (κ3) is 3.31. The molecule has 1 fully saturated rings. The molecule has 1 saturated heterocycles. The van der Waals surface area contributed by atoms with Crippen LogP contribution in [0.3, 0.4) is 0 Å². The van der Waals surface area contributed by atoms with Crippen molar-refractivity contribution in [2.24, 2.45) is 0 Å². The van der Waals surface area contributed by atoms with Crippen LogP contribution in [0.5, 0.6) is 5.75 Å². The molecule has 1 aromatic carbocycles. The summed E-state index contributed by atoms with van der Waals surface area (Å²) in [6.45, 7) is 5.77. The fourth-order valence-electron chi connectivity index (χ4n) is 3.34. The summed E-state index contributed by atoms with van der Waals surface area (Å²) < 4.78 is 12.0. The van der Waals surface area contributed by atoms with Gasteiger partial charge in [-0.2, -0.15) is 4.98 Å². The molecule has 5 heteroatoms. The van der Waals surface area contributed by atoms with Gasteiger partial charge < -0.3 is 14.1 Å². The number of anilines is 1. The molecule has 1 aliphatic rings. The lowest BCUT2D eigenvalue weighted by atomic mass is 10.0. The highest BCUT2D eigenvalue weighted by molar-refractivity contribution is 5.76. The van der Waals surface area contributed by atoms with Crippen LogP contribution in [0.2, 0.25) is 0 Å². The molecule has 0 bridgehead atoms. The Morgan fingerprint density at radius 2 is 2.12 bits per heavy atom. The minimum Gasteiger partial charge on any atom is -0.490 e. The van der Waals surface area contributed by atoms with Gasteiger partial charge in [-0.05, 0) is 68.5 Å². The van der Waals surface area contributed by atoms with Crippen molar-refractivity contribution < 1.29 is 9.15 Å². The first-order valence-corrected chi connectivity index (χ1v) is 8.88. The van der Waals surface area contributed by atoms with Crippen LogP contribution >= 0.6 is 0 Å². The van der Waals surface area contributed by atoms with Gasteiger partial charge in [0, 0.05) is 12.7 Å². The zero-order valence-corrected chi connectivity index (χ0v) is 14.7. The summed E-state index contributed by atoms with van der Waals surface area (Å²) in [5.41, 5.74) is 4.25. The van der Waals surface area contributed by atoms with Crippen LogP contribution in [0.4, 0.5) is 6.01 Å². The standard InChI is InChI=1S/C20H23N3O2/c1-14-10-18-19(11-15(14)2)25-20(22-18)23-9-4-3-6-16(23)13-24-17-7-5-8-21-12-17/h5,7-8,10-12,16H,3-4,6,9,13H2,1-2H3/t16-/m1/s1. The Balaban J connectivity index is 1.56. The van der Waals surface area contributed by atoms with Gasteiger partial charge in [-0.25, -0.2) is 0 Å². The van der Waals surface area contributed by atoms with Crippen molar-refractivity contribution in [1.29, 1.82) is 0 Å². The van der Waals surface area contributed by atoms with E-state index in [4.69, 9.17) is 14.1 Å². The largest absolute Gasteiger partial charge is 0.490 e. The molecule has 130 valence electrons. The fourth-order valence-corrected chi connectivity index (χ4v) is 3.34. The average molecular weight is 337 g/mol. The Morgan fingerprint density at radius 1 is 1.24 bits per heavy atom. The topological polar surface area (TPSA) is 51.4 Å². The first kappa shape index (κ1) is 15.9. The maximum Gasteiger partial charge on any atom is 0.298 e. The molecular formula is C20H23N3O2. The summed E-state index contributed by atoms with van der Waals surface area (Å²) in [5, 5.41) is 0. The highest BCUT2D eigenvalue weighted by Gasteiger charge is 2.27. The molecular weight excluding hydrogens is 314 g/mol. The predicted molar refractivity (Wildman–Crippen MR) is 98.2 cm³/mol. The van der Waals surface area contributed by atoms with Gasteiger partial charge in [0.05, 0.1) is 12.2 Å². The number of piperidine rings is 1. The molecule has 0 amide bonds. The van der Waals surface area contributed by atoms with E-state index < -0.39 is 0 Å². The number of oxazole rings is 1. The molecule has 0 N–H and O–H groups in total. The molecule has 4 rings (SSSR count). The van der Waals surface area contributed by atoms with Crippen molar-refractivity contribution in [1.82, 2.24) is 9.97 Å². The van der Waals surface area contributed by atoms with Gasteiger partial charge in [0.1, 0.15) is 17.9 Å². The second-order valence-corrected chi connectivity index (χ2v) is 6.74. The molecule has 3 heterocycles. The van der Waals surface area contributed by atoms with Crippen molar-refractivity contribution >= 4 is 17.1 Å². The van der Waals surface area contributed by atoms with Crippen molar-refractivity contribution in [3.8, 4) is 5.75 Å². The van der Waals surface area contributed by atoms with Gasteiger partial charge in [0.25, 0.3) is 6.01 Å². The van der Waals surface area contributed by atoms with E-state index in [-0.39, 0.29) is 6.04 Å². The first-order valence-electron chi connectivity index (χ1n) is 8.88. The van der Waals surface area contributed by atoms with E-state index in [2.05, 4.69) is 35.9 Å². The summed E-state index contributed by atoms with van der Waals surface area (Å²) in [5.74, 6) is 0.803. The average Bonchev–Trinajstić information content (AvgIpc) is 3.04. The van der Waals surface area contributed by atoms with E-state index in [0.717, 1.165) is 36.2 Å². The smallest absolute Gasteiger partial charge is 0.298 e.